The first-order chi connectivity index (χ1) is 11.2. The Morgan fingerprint density at radius 3 is 1.54 bits per heavy atom. The van der Waals surface area contributed by atoms with E-state index in [1.807, 2.05) is 0 Å². The van der Waals surface area contributed by atoms with Gasteiger partial charge in [0.25, 0.3) is 0 Å². The molecule has 0 aliphatic heterocycles. The average Bonchev–Trinajstić information content (AvgIpc) is 2.54. The molecule has 0 amide bonds. The maximum atomic E-state index is 10.9. The smallest absolute Gasteiger partial charge is 0.550 e. The van der Waals surface area contributed by atoms with Gasteiger partial charge in [-0.15, -0.1) is 6.58 Å². The monoisotopic (exact) mass is 330 g/mol. The number of unbranched alkanes of at least 4 members (excludes halogenated alkanes) is 13. The van der Waals surface area contributed by atoms with Crippen LogP contribution in [0.3, 0.4) is 0 Å². The van der Waals surface area contributed by atoms with Gasteiger partial charge in [0.05, 0.1) is 0 Å². The van der Waals surface area contributed by atoms with Crippen LogP contribution >= 0.6 is 0 Å². The Morgan fingerprint density at radius 1 is 0.833 bits per heavy atom. The van der Waals surface area contributed by atoms with Crippen molar-refractivity contribution in [3.63, 3.8) is 0 Å². The molecule has 0 radical (unpaired) electrons. The van der Waals surface area contributed by atoms with Gasteiger partial charge in [0, 0.05) is 11.9 Å². The number of allylic oxidation sites excluding steroid dienone is 1. The summed E-state index contributed by atoms with van der Waals surface area (Å²) in [6.07, 6.45) is 21.6. The largest absolute Gasteiger partial charge is 1.00 e. The Labute approximate surface area is 163 Å². The topological polar surface area (TPSA) is 40.1 Å². The van der Waals surface area contributed by atoms with Crippen LogP contribution in [0.1, 0.15) is 110 Å². The maximum Gasteiger partial charge on any atom is 1.00 e. The van der Waals surface area contributed by atoms with Crippen LogP contribution in [0.15, 0.2) is 12.7 Å². The molecule has 0 spiro atoms. The van der Waals surface area contributed by atoms with Gasteiger partial charge in [-0.3, -0.25) is 0 Å². The summed E-state index contributed by atoms with van der Waals surface area (Å²) in [5.74, 6) is -1.25. The number of carbonyl (C=O) groups excluding carboxylic acids is 1. The molecule has 0 aliphatic carbocycles. The molecule has 0 fully saturated rings. The number of carbonyl (C=O) groups is 1. The van der Waals surface area contributed by atoms with Gasteiger partial charge in [0.2, 0.25) is 0 Å². The fourth-order valence-corrected chi connectivity index (χ4v) is 3.12. The van der Waals surface area contributed by atoms with Crippen molar-refractivity contribution >= 4 is 5.97 Å². The van der Waals surface area contributed by atoms with Gasteiger partial charge >= 0.3 is 18.9 Å². The molecule has 0 N–H and O–H groups in total. The normalized spacial score (nSPS) is 11.7. The number of aliphatic carboxylic acids is 1. The summed E-state index contributed by atoms with van der Waals surface area (Å²) in [7, 11) is 0. The molecule has 0 aliphatic rings. The number of hydrogen-bond acceptors (Lipinski definition) is 2. The molecule has 0 saturated heterocycles. The summed E-state index contributed by atoms with van der Waals surface area (Å²) in [5, 5.41) is 10.9. The number of rotatable bonds is 18. The summed E-state index contributed by atoms with van der Waals surface area (Å²) in [5.41, 5.74) is 0. The third-order valence-corrected chi connectivity index (χ3v) is 4.69. The van der Waals surface area contributed by atoms with E-state index in [1.165, 1.54) is 77.0 Å². The Hall–Kier alpha value is -0.193. The van der Waals surface area contributed by atoms with Crippen molar-refractivity contribution in [1.29, 1.82) is 0 Å². The second-order valence-electron chi connectivity index (χ2n) is 6.93. The van der Waals surface area contributed by atoms with Gasteiger partial charge in [-0.05, 0) is 12.8 Å². The van der Waals surface area contributed by atoms with Gasteiger partial charge in [-0.2, -0.15) is 0 Å². The maximum absolute atomic E-state index is 10.9. The van der Waals surface area contributed by atoms with E-state index < -0.39 is 5.97 Å². The molecule has 0 aromatic carbocycles. The summed E-state index contributed by atoms with van der Waals surface area (Å²) in [4.78, 5) is 10.9. The zero-order valence-electron chi connectivity index (χ0n) is 16.5. The third kappa shape index (κ3) is 18.2. The SMILES string of the molecule is C=CCC(CCCCCCCCCCCCCCCC)C(=O)[O-].[Li+]. The van der Waals surface area contributed by atoms with E-state index in [0.717, 1.165) is 19.3 Å². The van der Waals surface area contributed by atoms with Crippen LogP contribution in [0.4, 0.5) is 0 Å². The van der Waals surface area contributed by atoms with Crippen molar-refractivity contribution in [2.24, 2.45) is 5.92 Å². The minimum atomic E-state index is -0.917. The Balaban J connectivity index is 0. The molecule has 0 saturated carbocycles. The fraction of sp³-hybridized carbons (Fsp3) is 0.857. The molecule has 3 heteroatoms. The second-order valence-corrected chi connectivity index (χ2v) is 6.93. The first-order valence-electron chi connectivity index (χ1n) is 10.0. The minimum absolute atomic E-state index is 0. The predicted molar refractivity (Wildman–Crippen MR) is 98.2 cm³/mol. The zero-order chi connectivity index (χ0) is 17.2. The van der Waals surface area contributed by atoms with Crippen LogP contribution in [-0.2, 0) is 4.79 Å². The molecule has 24 heavy (non-hydrogen) atoms. The quantitative estimate of drug-likeness (QED) is 0.220. The van der Waals surface area contributed by atoms with E-state index in [0.29, 0.717) is 6.42 Å². The van der Waals surface area contributed by atoms with Gasteiger partial charge in [-0.1, -0.05) is 103 Å². The summed E-state index contributed by atoms with van der Waals surface area (Å²) >= 11 is 0. The van der Waals surface area contributed by atoms with Gasteiger partial charge in [-0.25, -0.2) is 0 Å². The van der Waals surface area contributed by atoms with E-state index in [2.05, 4.69) is 13.5 Å². The molecule has 136 valence electrons. The standard InChI is InChI=1S/C21H40O2.Li/c1-3-5-6-7-8-9-10-11-12-13-14-15-16-17-19-20(18-4-2)21(22)23;/h4,20H,2-3,5-19H2,1H3,(H,22,23);/q;+1/p-1. The van der Waals surface area contributed by atoms with E-state index in [1.54, 1.807) is 6.08 Å². The van der Waals surface area contributed by atoms with Crippen LogP contribution < -0.4 is 24.0 Å². The molecular weight excluding hydrogens is 291 g/mol. The summed E-state index contributed by atoms with van der Waals surface area (Å²) in [6, 6.07) is 0. The van der Waals surface area contributed by atoms with Gasteiger partial charge < -0.3 is 9.90 Å². The van der Waals surface area contributed by atoms with Crippen molar-refractivity contribution in [2.75, 3.05) is 0 Å². The third-order valence-electron chi connectivity index (χ3n) is 4.69. The molecule has 0 aromatic heterocycles. The molecule has 0 aromatic rings. The van der Waals surface area contributed by atoms with Crippen molar-refractivity contribution < 1.29 is 28.8 Å². The van der Waals surface area contributed by atoms with Crippen LogP contribution in [0.2, 0.25) is 0 Å². The molecule has 2 nitrogen and oxygen atoms in total. The number of hydrogen-bond donors (Lipinski definition) is 0. The van der Waals surface area contributed by atoms with Crippen molar-refractivity contribution in [2.45, 2.75) is 110 Å². The minimum Gasteiger partial charge on any atom is -0.550 e. The van der Waals surface area contributed by atoms with E-state index in [4.69, 9.17) is 0 Å². The van der Waals surface area contributed by atoms with E-state index >= 15 is 0 Å². The molecule has 0 bridgehead atoms. The first kappa shape index (κ1) is 26.0. The molecule has 0 rings (SSSR count). The number of carboxylic acid groups (broad SMARTS) is 1. The predicted octanol–water partition coefficient (Wildman–Crippen LogP) is 2.80. The molecule has 0 heterocycles. The number of carboxylic acids is 1. The Morgan fingerprint density at radius 2 is 1.21 bits per heavy atom. The molecular formula is C21H39LiO2. The van der Waals surface area contributed by atoms with Gasteiger partial charge in [0.15, 0.2) is 0 Å². The molecule has 1 unspecified atom stereocenters. The summed E-state index contributed by atoms with van der Waals surface area (Å²) < 4.78 is 0. The van der Waals surface area contributed by atoms with Crippen molar-refractivity contribution in [1.82, 2.24) is 0 Å². The van der Waals surface area contributed by atoms with Crippen LogP contribution in [-0.4, -0.2) is 5.97 Å². The Bertz CT molecular complexity index is 279. The average molecular weight is 330 g/mol. The molecule has 1 atom stereocenters. The van der Waals surface area contributed by atoms with Crippen LogP contribution in [0.5, 0.6) is 0 Å². The van der Waals surface area contributed by atoms with Crippen molar-refractivity contribution in [3.8, 4) is 0 Å². The van der Waals surface area contributed by atoms with Crippen molar-refractivity contribution in [3.05, 3.63) is 12.7 Å². The zero-order valence-corrected chi connectivity index (χ0v) is 16.5. The van der Waals surface area contributed by atoms with Crippen LogP contribution in [0, 0.1) is 5.92 Å². The summed E-state index contributed by atoms with van der Waals surface area (Å²) in [6.45, 7) is 5.88. The Kier molecular flexibility index (Phi) is 22.6. The van der Waals surface area contributed by atoms with Crippen LogP contribution in [0.25, 0.3) is 0 Å². The van der Waals surface area contributed by atoms with E-state index in [9.17, 15) is 9.90 Å². The second kappa shape index (κ2) is 20.9. The first-order valence-corrected chi connectivity index (χ1v) is 10.0. The van der Waals surface area contributed by atoms with Gasteiger partial charge in [0.1, 0.15) is 0 Å². The fourth-order valence-electron chi connectivity index (χ4n) is 3.12. The van der Waals surface area contributed by atoms with E-state index in [-0.39, 0.29) is 24.8 Å².